The number of halogens is 1. The number of hydrogen-bond acceptors (Lipinski definition) is 5. The molecular formula is C17H18ClNO4S2. The van der Waals surface area contributed by atoms with Crippen LogP contribution in [0.1, 0.15) is 16.5 Å². The molecule has 0 N–H and O–H groups in total. The Hall–Kier alpha value is -1.57. The van der Waals surface area contributed by atoms with Gasteiger partial charge in [0.15, 0.2) is 16.4 Å². The van der Waals surface area contributed by atoms with Crippen molar-refractivity contribution >= 4 is 38.7 Å². The predicted molar refractivity (Wildman–Crippen MR) is 99.0 cm³/mol. The molecule has 0 spiro atoms. The maximum Gasteiger partial charge on any atom is 0.260 e. The van der Waals surface area contributed by atoms with Crippen molar-refractivity contribution in [2.75, 3.05) is 25.4 Å². The quantitative estimate of drug-likeness (QED) is 0.792. The van der Waals surface area contributed by atoms with E-state index in [1.54, 1.807) is 29.2 Å². The molecule has 1 aromatic carbocycles. The molecule has 134 valence electrons. The van der Waals surface area contributed by atoms with Gasteiger partial charge in [0.1, 0.15) is 5.75 Å². The van der Waals surface area contributed by atoms with E-state index in [1.165, 1.54) is 11.3 Å². The van der Waals surface area contributed by atoms with Crippen molar-refractivity contribution in [1.82, 2.24) is 4.90 Å². The van der Waals surface area contributed by atoms with E-state index in [-0.39, 0.29) is 24.8 Å². The van der Waals surface area contributed by atoms with Crippen molar-refractivity contribution in [2.24, 2.45) is 0 Å². The van der Waals surface area contributed by atoms with Crippen molar-refractivity contribution in [3.05, 3.63) is 51.7 Å². The molecule has 2 heterocycles. The van der Waals surface area contributed by atoms with Crippen LogP contribution in [-0.2, 0) is 14.6 Å². The van der Waals surface area contributed by atoms with E-state index in [1.807, 2.05) is 17.5 Å². The molecule has 1 fully saturated rings. The highest BCUT2D eigenvalue weighted by atomic mass is 35.5. The number of sulfone groups is 1. The minimum Gasteiger partial charge on any atom is -0.484 e. The number of nitrogens with zero attached hydrogens (tertiary/aromatic N) is 1. The van der Waals surface area contributed by atoms with Gasteiger partial charge in [-0.3, -0.25) is 4.79 Å². The normalized spacial score (nSPS) is 20.0. The lowest BCUT2D eigenvalue weighted by atomic mass is 10.2. The molecule has 1 atom stereocenters. The van der Waals surface area contributed by atoms with E-state index in [2.05, 4.69) is 0 Å². The minimum absolute atomic E-state index is 0.0255. The lowest BCUT2D eigenvalue weighted by Crippen LogP contribution is -2.37. The number of benzene rings is 1. The molecule has 5 nitrogen and oxygen atoms in total. The molecule has 3 rings (SSSR count). The second-order valence-electron chi connectivity index (χ2n) is 5.78. The minimum atomic E-state index is -3.26. The van der Waals surface area contributed by atoms with Crippen LogP contribution in [0.2, 0.25) is 5.02 Å². The average molecular weight is 400 g/mol. The van der Waals surface area contributed by atoms with E-state index < -0.39 is 15.1 Å². The first kappa shape index (κ1) is 18.2. The zero-order valence-corrected chi connectivity index (χ0v) is 15.8. The maximum atomic E-state index is 12.5. The number of hydrogen-bond donors (Lipinski definition) is 0. The van der Waals surface area contributed by atoms with Crippen molar-refractivity contribution in [3.8, 4) is 5.75 Å². The predicted octanol–water partition coefficient (Wildman–Crippen LogP) is 3.17. The Morgan fingerprint density at radius 2 is 2.00 bits per heavy atom. The van der Waals surface area contributed by atoms with Gasteiger partial charge in [-0.15, -0.1) is 11.3 Å². The Bertz CT molecular complexity index is 819. The molecule has 1 aromatic heterocycles. The maximum absolute atomic E-state index is 12.5. The first-order valence-electron chi connectivity index (χ1n) is 7.87. The second-order valence-corrected chi connectivity index (χ2v) is 9.50. The van der Waals surface area contributed by atoms with E-state index in [9.17, 15) is 13.2 Å². The Morgan fingerprint density at radius 1 is 1.24 bits per heavy atom. The monoisotopic (exact) mass is 399 g/mol. The fourth-order valence-corrected chi connectivity index (χ4v) is 5.88. The number of thiophene rings is 1. The first-order chi connectivity index (χ1) is 12.0. The lowest BCUT2D eigenvalue weighted by molar-refractivity contribution is -0.133. The third kappa shape index (κ3) is 4.54. The van der Waals surface area contributed by atoms with E-state index in [0.717, 1.165) is 4.88 Å². The number of carbonyl (C=O) groups excluding carboxylic acids is 1. The molecule has 25 heavy (non-hydrogen) atoms. The van der Waals surface area contributed by atoms with Crippen LogP contribution in [0, 0.1) is 0 Å². The molecule has 0 aliphatic carbocycles. The highest BCUT2D eigenvalue weighted by Crippen LogP contribution is 2.32. The summed E-state index contributed by atoms with van der Waals surface area (Å²) in [6.07, 6.45) is 0.412. The van der Waals surface area contributed by atoms with E-state index >= 15 is 0 Å². The molecule has 1 aliphatic rings. The van der Waals surface area contributed by atoms with Gasteiger partial charge in [0.25, 0.3) is 5.91 Å². The Labute approximate surface area is 156 Å². The van der Waals surface area contributed by atoms with Gasteiger partial charge in [-0.1, -0.05) is 17.7 Å². The number of rotatable bonds is 4. The number of amides is 1. The van der Waals surface area contributed by atoms with Crippen molar-refractivity contribution in [1.29, 1.82) is 0 Å². The smallest absolute Gasteiger partial charge is 0.260 e. The van der Waals surface area contributed by atoms with Crippen molar-refractivity contribution < 1.29 is 17.9 Å². The van der Waals surface area contributed by atoms with Gasteiger partial charge in [0.05, 0.1) is 11.0 Å². The SMILES string of the molecule is O=C(COc1ccc(Cl)cc1)N1CCC(c2cccs2)S(=O)(=O)CC1. The molecule has 2 aromatic rings. The summed E-state index contributed by atoms with van der Waals surface area (Å²) in [6.45, 7) is 0.489. The first-order valence-corrected chi connectivity index (χ1v) is 10.8. The van der Waals surface area contributed by atoms with Crippen molar-refractivity contribution in [3.63, 3.8) is 0 Å². The molecule has 1 amide bonds. The lowest BCUT2D eigenvalue weighted by Gasteiger charge is -2.20. The van der Waals surface area contributed by atoms with E-state index in [4.69, 9.17) is 16.3 Å². The topological polar surface area (TPSA) is 63.7 Å². The van der Waals surface area contributed by atoms with Crippen LogP contribution in [0.25, 0.3) is 0 Å². The number of ether oxygens (including phenoxy) is 1. The summed E-state index contributed by atoms with van der Waals surface area (Å²) in [7, 11) is -3.26. The molecular weight excluding hydrogens is 382 g/mol. The summed E-state index contributed by atoms with van der Waals surface area (Å²) >= 11 is 7.25. The standard InChI is InChI=1S/C17H18ClNO4S2/c18-13-3-5-14(6-4-13)23-12-17(20)19-8-7-16(15-2-1-10-24-15)25(21,22)11-9-19/h1-6,10,16H,7-9,11-12H2. The Balaban J connectivity index is 1.62. The van der Waals surface area contributed by atoms with Gasteiger partial charge in [-0.25, -0.2) is 8.42 Å². The van der Waals surface area contributed by atoms with Gasteiger partial charge >= 0.3 is 0 Å². The molecule has 1 aliphatic heterocycles. The molecule has 0 radical (unpaired) electrons. The highest BCUT2D eigenvalue weighted by molar-refractivity contribution is 7.91. The summed E-state index contributed by atoms with van der Waals surface area (Å²) in [5, 5.41) is 1.94. The fourth-order valence-electron chi connectivity index (χ4n) is 2.75. The third-order valence-corrected chi connectivity index (χ3v) is 7.62. The highest BCUT2D eigenvalue weighted by Gasteiger charge is 2.33. The zero-order valence-electron chi connectivity index (χ0n) is 13.4. The van der Waals surface area contributed by atoms with Gasteiger partial charge in [0.2, 0.25) is 0 Å². The van der Waals surface area contributed by atoms with Crippen LogP contribution in [0.4, 0.5) is 0 Å². The van der Waals surface area contributed by atoms with Gasteiger partial charge in [-0.2, -0.15) is 0 Å². The third-order valence-electron chi connectivity index (χ3n) is 4.13. The molecule has 1 unspecified atom stereocenters. The van der Waals surface area contributed by atoms with Gasteiger partial charge in [-0.05, 0) is 42.1 Å². The van der Waals surface area contributed by atoms with Crippen LogP contribution < -0.4 is 4.74 Å². The zero-order chi connectivity index (χ0) is 17.9. The summed E-state index contributed by atoms with van der Waals surface area (Å²) in [5.41, 5.74) is 0. The number of carbonyl (C=O) groups is 1. The molecule has 0 saturated carbocycles. The van der Waals surface area contributed by atoms with Crippen LogP contribution in [0.5, 0.6) is 5.75 Å². The summed E-state index contributed by atoms with van der Waals surface area (Å²) in [6, 6.07) is 10.4. The average Bonchev–Trinajstić information content (AvgIpc) is 3.05. The summed E-state index contributed by atoms with van der Waals surface area (Å²) in [5.74, 6) is 0.316. The molecule has 0 bridgehead atoms. The van der Waals surface area contributed by atoms with Crippen LogP contribution >= 0.6 is 22.9 Å². The van der Waals surface area contributed by atoms with Gasteiger partial charge < -0.3 is 9.64 Å². The second kappa shape index (κ2) is 7.76. The molecule has 1 saturated heterocycles. The van der Waals surface area contributed by atoms with Crippen LogP contribution in [0.3, 0.4) is 0 Å². The van der Waals surface area contributed by atoms with Crippen LogP contribution in [0.15, 0.2) is 41.8 Å². The Kier molecular flexibility index (Phi) is 5.66. The summed E-state index contributed by atoms with van der Waals surface area (Å²) in [4.78, 5) is 14.8. The molecule has 8 heteroatoms. The summed E-state index contributed by atoms with van der Waals surface area (Å²) < 4.78 is 30.5. The fraction of sp³-hybridized carbons (Fsp3) is 0.353. The van der Waals surface area contributed by atoms with Crippen LogP contribution in [-0.4, -0.2) is 44.7 Å². The van der Waals surface area contributed by atoms with Crippen molar-refractivity contribution in [2.45, 2.75) is 11.7 Å². The van der Waals surface area contributed by atoms with Gasteiger partial charge in [0, 0.05) is 23.0 Å². The largest absolute Gasteiger partial charge is 0.484 e. The Morgan fingerprint density at radius 3 is 2.68 bits per heavy atom. The van der Waals surface area contributed by atoms with E-state index in [0.29, 0.717) is 23.7 Å².